The molecule has 4 nitrogen and oxygen atoms in total. The molecule has 152 valence electrons. The van der Waals surface area contributed by atoms with Crippen LogP contribution < -0.4 is 4.74 Å². The molecule has 0 radical (unpaired) electrons. The van der Waals surface area contributed by atoms with E-state index >= 15 is 0 Å². The van der Waals surface area contributed by atoms with Gasteiger partial charge in [0, 0.05) is 17.3 Å². The number of fused-ring (bicyclic) bond motifs is 1. The van der Waals surface area contributed by atoms with E-state index in [-0.39, 0.29) is 6.42 Å². The Morgan fingerprint density at radius 3 is 2.47 bits per heavy atom. The summed E-state index contributed by atoms with van der Waals surface area (Å²) in [6.07, 6.45) is 4.78. The van der Waals surface area contributed by atoms with Crippen LogP contribution >= 0.6 is 0 Å². The van der Waals surface area contributed by atoms with Crippen molar-refractivity contribution in [2.75, 3.05) is 0 Å². The van der Waals surface area contributed by atoms with Crippen LogP contribution in [0.3, 0.4) is 0 Å². The molecule has 6 heteroatoms. The first kappa shape index (κ1) is 19.9. The Bertz CT molecular complexity index is 1150. The zero-order chi connectivity index (χ0) is 21.5. The van der Waals surface area contributed by atoms with Crippen molar-refractivity contribution in [1.29, 1.82) is 0 Å². The Morgan fingerprint density at radius 1 is 1.07 bits per heavy atom. The second-order valence-electron chi connectivity index (χ2n) is 7.85. The van der Waals surface area contributed by atoms with E-state index in [0.29, 0.717) is 11.4 Å². The standard InChI is InChI=1S/C24H20F2N2O2/c1-14-7-8-22-16(9-14)17(11-24(2,3)30-22)20-13-27-15(12-28-20)10-21(29)23-18(25)5-4-6-19(23)26/h4-9,11-13H,10H2,1-3H3. The minimum atomic E-state index is -0.883. The largest absolute Gasteiger partial charge is 0.483 e. The molecule has 0 amide bonds. The van der Waals surface area contributed by atoms with Crippen LogP contribution in [0.4, 0.5) is 8.78 Å². The summed E-state index contributed by atoms with van der Waals surface area (Å²) < 4.78 is 33.7. The van der Waals surface area contributed by atoms with Crippen LogP contribution in [-0.2, 0) is 6.42 Å². The summed E-state index contributed by atoms with van der Waals surface area (Å²) >= 11 is 0. The van der Waals surface area contributed by atoms with E-state index in [1.54, 1.807) is 6.20 Å². The summed E-state index contributed by atoms with van der Waals surface area (Å²) in [7, 11) is 0. The highest BCUT2D eigenvalue weighted by molar-refractivity contribution is 5.97. The fourth-order valence-electron chi connectivity index (χ4n) is 3.50. The van der Waals surface area contributed by atoms with Gasteiger partial charge in [0.15, 0.2) is 5.78 Å². The van der Waals surface area contributed by atoms with Crippen LogP contribution in [0.5, 0.6) is 5.75 Å². The number of ether oxygens (including phenoxy) is 1. The molecule has 0 fully saturated rings. The molecule has 3 aromatic rings. The number of aryl methyl sites for hydroxylation is 1. The summed E-state index contributed by atoms with van der Waals surface area (Å²) in [6.45, 7) is 5.91. The number of aromatic nitrogens is 2. The van der Waals surface area contributed by atoms with Crippen molar-refractivity contribution in [2.45, 2.75) is 32.8 Å². The molecule has 0 saturated carbocycles. The molecular formula is C24H20F2N2O2. The average Bonchev–Trinajstić information content (AvgIpc) is 2.68. The summed E-state index contributed by atoms with van der Waals surface area (Å²) in [5.74, 6) is -1.68. The van der Waals surface area contributed by atoms with Gasteiger partial charge in [-0.2, -0.15) is 0 Å². The van der Waals surface area contributed by atoms with Gasteiger partial charge < -0.3 is 4.74 Å². The first-order chi connectivity index (χ1) is 14.2. The van der Waals surface area contributed by atoms with Gasteiger partial charge in [0.05, 0.1) is 29.6 Å². The fraction of sp³-hybridized carbons (Fsp3) is 0.208. The number of Topliss-reactive ketones (excluding diaryl/α,β-unsaturated/α-hetero) is 1. The van der Waals surface area contributed by atoms with E-state index in [4.69, 9.17) is 4.74 Å². The number of carbonyl (C=O) groups excluding carboxylic acids is 1. The normalized spacial score (nSPS) is 14.5. The van der Waals surface area contributed by atoms with Gasteiger partial charge in [-0.1, -0.05) is 17.7 Å². The Labute approximate surface area is 173 Å². The molecule has 0 atom stereocenters. The van der Waals surface area contributed by atoms with Crippen molar-refractivity contribution in [3.63, 3.8) is 0 Å². The van der Waals surface area contributed by atoms with Gasteiger partial charge in [-0.15, -0.1) is 0 Å². The van der Waals surface area contributed by atoms with Crippen LogP contribution in [0.25, 0.3) is 5.57 Å². The maximum absolute atomic E-state index is 13.8. The molecule has 0 bridgehead atoms. The van der Waals surface area contributed by atoms with Crippen molar-refractivity contribution < 1.29 is 18.3 Å². The van der Waals surface area contributed by atoms with Gasteiger partial charge in [0.2, 0.25) is 0 Å². The molecule has 2 heterocycles. The predicted molar refractivity (Wildman–Crippen MR) is 109 cm³/mol. The number of nitrogens with zero attached hydrogens (tertiary/aromatic N) is 2. The first-order valence-electron chi connectivity index (χ1n) is 9.55. The molecule has 4 rings (SSSR count). The van der Waals surface area contributed by atoms with Crippen molar-refractivity contribution in [3.8, 4) is 5.75 Å². The van der Waals surface area contributed by atoms with Gasteiger partial charge in [-0.05, 0) is 51.1 Å². The van der Waals surface area contributed by atoms with E-state index in [9.17, 15) is 13.6 Å². The highest BCUT2D eigenvalue weighted by atomic mass is 19.1. The van der Waals surface area contributed by atoms with Crippen LogP contribution in [0.1, 0.15) is 46.7 Å². The second-order valence-corrected chi connectivity index (χ2v) is 7.85. The lowest BCUT2D eigenvalue weighted by Gasteiger charge is -2.31. The van der Waals surface area contributed by atoms with E-state index < -0.39 is 28.6 Å². The molecule has 0 spiro atoms. The molecule has 2 aromatic carbocycles. The highest BCUT2D eigenvalue weighted by Gasteiger charge is 2.28. The molecule has 0 aliphatic carbocycles. The number of rotatable bonds is 4. The van der Waals surface area contributed by atoms with Gasteiger partial charge >= 0.3 is 0 Å². The number of carbonyl (C=O) groups is 1. The van der Waals surface area contributed by atoms with Gasteiger partial charge in [-0.3, -0.25) is 14.8 Å². The van der Waals surface area contributed by atoms with Gasteiger partial charge in [0.1, 0.15) is 23.0 Å². The lowest BCUT2D eigenvalue weighted by molar-refractivity contribution is 0.0983. The van der Waals surface area contributed by atoms with Crippen LogP contribution in [0.15, 0.2) is 54.9 Å². The predicted octanol–water partition coefficient (Wildman–Crippen LogP) is 5.09. The minimum Gasteiger partial charge on any atom is -0.483 e. The summed E-state index contributed by atoms with van der Waals surface area (Å²) in [5, 5.41) is 0. The van der Waals surface area contributed by atoms with Crippen molar-refractivity contribution in [3.05, 3.63) is 94.6 Å². The topological polar surface area (TPSA) is 52.1 Å². The van der Waals surface area contributed by atoms with Crippen molar-refractivity contribution >= 4 is 11.4 Å². The molecule has 0 saturated heterocycles. The third kappa shape index (κ3) is 3.85. The molecule has 1 aliphatic heterocycles. The lowest BCUT2D eigenvalue weighted by atomic mass is 9.92. The Kier molecular flexibility index (Phi) is 4.94. The van der Waals surface area contributed by atoms with Gasteiger partial charge in [-0.25, -0.2) is 8.78 Å². The molecule has 0 unspecified atom stereocenters. The third-order valence-corrected chi connectivity index (χ3v) is 4.85. The van der Waals surface area contributed by atoms with Crippen molar-refractivity contribution in [1.82, 2.24) is 9.97 Å². The fourth-order valence-corrected chi connectivity index (χ4v) is 3.50. The first-order valence-corrected chi connectivity index (χ1v) is 9.55. The van der Waals surface area contributed by atoms with E-state index in [1.165, 1.54) is 12.3 Å². The van der Waals surface area contributed by atoms with E-state index in [2.05, 4.69) is 9.97 Å². The van der Waals surface area contributed by atoms with Crippen LogP contribution in [0, 0.1) is 18.6 Å². The number of hydrogen-bond acceptors (Lipinski definition) is 4. The van der Waals surface area contributed by atoms with Crippen LogP contribution in [-0.4, -0.2) is 21.4 Å². The van der Waals surface area contributed by atoms with E-state index in [1.807, 2.05) is 45.0 Å². The summed E-state index contributed by atoms with van der Waals surface area (Å²) in [4.78, 5) is 21.1. The quantitative estimate of drug-likeness (QED) is 0.566. The zero-order valence-electron chi connectivity index (χ0n) is 16.9. The van der Waals surface area contributed by atoms with Crippen molar-refractivity contribution in [2.24, 2.45) is 0 Å². The maximum atomic E-state index is 13.8. The number of benzene rings is 2. The highest BCUT2D eigenvalue weighted by Crippen LogP contribution is 2.39. The average molecular weight is 406 g/mol. The van der Waals surface area contributed by atoms with E-state index in [0.717, 1.165) is 34.6 Å². The number of halogens is 2. The van der Waals surface area contributed by atoms with Crippen LogP contribution in [0.2, 0.25) is 0 Å². The lowest BCUT2D eigenvalue weighted by Crippen LogP contribution is -2.29. The molecule has 0 N–H and O–H groups in total. The summed E-state index contributed by atoms with van der Waals surface area (Å²) in [6, 6.07) is 9.28. The molecular weight excluding hydrogens is 386 g/mol. The smallest absolute Gasteiger partial charge is 0.174 e. The van der Waals surface area contributed by atoms with Gasteiger partial charge in [0.25, 0.3) is 0 Å². The number of ketones is 1. The molecule has 1 aliphatic rings. The molecule has 1 aromatic heterocycles. The Balaban J connectivity index is 1.63. The summed E-state index contributed by atoms with van der Waals surface area (Å²) in [5.41, 5.74) is 2.79. The zero-order valence-corrected chi connectivity index (χ0v) is 16.9. The maximum Gasteiger partial charge on any atom is 0.174 e. The molecule has 30 heavy (non-hydrogen) atoms. The number of hydrogen-bond donors (Lipinski definition) is 0. The minimum absolute atomic E-state index is 0.242. The SMILES string of the molecule is Cc1ccc2c(c1)C(c1cnc(CC(=O)c3c(F)cccc3F)cn1)=CC(C)(C)O2. The Morgan fingerprint density at radius 2 is 1.80 bits per heavy atom. The Hall–Kier alpha value is -3.41. The monoisotopic (exact) mass is 406 g/mol. The second kappa shape index (κ2) is 7.44. The third-order valence-electron chi connectivity index (χ3n) is 4.85.